The third-order valence-electron chi connectivity index (χ3n) is 2.66. The van der Waals surface area contributed by atoms with Crippen molar-refractivity contribution in [3.63, 3.8) is 0 Å². The van der Waals surface area contributed by atoms with Gasteiger partial charge >= 0.3 is 0 Å². The maximum absolute atomic E-state index is 5.58. The molecule has 2 rings (SSSR count). The molecule has 0 radical (unpaired) electrons. The molecule has 2 N–H and O–H groups in total. The molecular weight excluding hydrogens is 329 g/mol. The summed E-state index contributed by atoms with van der Waals surface area (Å²) in [5.74, 6) is 1.35. The largest absolute Gasteiger partial charge is 0.334 e. The Morgan fingerprint density at radius 3 is 2.94 bits per heavy atom. The van der Waals surface area contributed by atoms with Gasteiger partial charge in [-0.15, -0.1) is 0 Å². The first-order valence-electron chi connectivity index (χ1n) is 5.42. The topological polar surface area (TPSA) is 64.9 Å². The van der Waals surface area contributed by atoms with Gasteiger partial charge in [-0.1, -0.05) is 24.2 Å². The minimum atomic E-state index is 0.120. The lowest BCUT2D eigenvalue weighted by molar-refractivity contribution is 0.417. The molecular formula is C12H14IN3O. The average molecular weight is 343 g/mol. The van der Waals surface area contributed by atoms with Gasteiger partial charge < -0.3 is 10.3 Å². The molecule has 2 aromatic rings. The SMILES string of the molecule is Cc1cccc(-c2nc(C(C)CN)no2)c1I. The molecule has 0 saturated carbocycles. The molecule has 0 saturated heterocycles. The molecule has 1 atom stereocenters. The van der Waals surface area contributed by atoms with Crippen LogP contribution in [-0.2, 0) is 0 Å². The number of hydrogen-bond acceptors (Lipinski definition) is 4. The van der Waals surface area contributed by atoms with Gasteiger partial charge in [0.2, 0.25) is 0 Å². The van der Waals surface area contributed by atoms with Gasteiger partial charge in [0.25, 0.3) is 5.89 Å². The summed E-state index contributed by atoms with van der Waals surface area (Å²) in [7, 11) is 0. The summed E-state index contributed by atoms with van der Waals surface area (Å²) in [5.41, 5.74) is 7.77. The Morgan fingerprint density at radius 1 is 1.47 bits per heavy atom. The average Bonchev–Trinajstić information content (AvgIpc) is 2.81. The van der Waals surface area contributed by atoms with Crippen LogP contribution < -0.4 is 5.73 Å². The van der Waals surface area contributed by atoms with Gasteiger partial charge in [0.05, 0.1) is 5.56 Å². The van der Waals surface area contributed by atoms with E-state index in [0.29, 0.717) is 18.3 Å². The second-order valence-corrected chi connectivity index (χ2v) is 5.11. The van der Waals surface area contributed by atoms with E-state index in [1.165, 1.54) is 5.56 Å². The van der Waals surface area contributed by atoms with E-state index in [4.69, 9.17) is 10.3 Å². The number of benzene rings is 1. The summed E-state index contributed by atoms with van der Waals surface area (Å²) in [6.07, 6.45) is 0. The minimum Gasteiger partial charge on any atom is -0.334 e. The maximum Gasteiger partial charge on any atom is 0.259 e. The van der Waals surface area contributed by atoms with Gasteiger partial charge in [-0.2, -0.15) is 4.98 Å². The first kappa shape index (κ1) is 12.5. The molecule has 0 fully saturated rings. The third kappa shape index (κ3) is 2.50. The number of hydrogen-bond donors (Lipinski definition) is 1. The number of aryl methyl sites for hydroxylation is 1. The summed E-state index contributed by atoms with van der Waals surface area (Å²) < 4.78 is 6.43. The Kier molecular flexibility index (Phi) is 3.78. The summed E-state index contributed by atoms with van der Waals surface area (Å²) in [6.45, 7) is 4.56. The van der Waals surface area contributed by atoms with Gasteiger partial charge in [-0.05, 0) is 41.1 Å². The van der Waals surface area contributed by atoms with Crippen LogP contribution in [0.1, 0.15) is 24.2 Å². The Hall–Kier alpha value is -0.950. The molecule has 0 aliphatic rings. The Balaban J connectivity index is 2.40. The van der Waals surface area contributed by atoms with Crippen molar-refractivity contribution < 1.29 is 4.52 Å². The summed E-state index contributed by atoms with van der Waals surface area (Å²) in [6, 6.07) is 6.04. The molecule has 1 aromatic heterocycles. The standard InChI is InChI=1S/C12H14IN3O/c1-7-4-3-5-9(10(7)13)12-15-11(16-17-12)8(2)6-14/h3-5,8H,6,14H2,1-2H3. The van der Waals surface area contributed by atoms with Crippen LogP contribution in [-0.4, -0.2) is 16.7 Å². The van der Waals surface area contributed by atoms with Crippen LogP contribution in [0.2, 0.25) is 0 Å². The van der Waals surface area contributed by atoms with Crippen molar-refractivity contribution in [2.75, 3.05) is 6.54 Å². The fourth-order valence-electron chi connectivity index (χ4n) is 1.46. The molecule has 17 heavy (non-hydrogen) atoms. The van der Waals surface area contributed by atoms with Crippen LogP contribution in [0.15, 0.2) is 22.7 Å². The molecule has 5 heteroatoms. The van der Waals surface area contributed by atoms with E-state index >= 15 is 0 Å². The van der Waals surface area contributed by atoms with E-state index in [1.807, 2.05) is 19.1 Å². The van der Waals surface area contributed by atoms with E-state index in [0.717, 1.165) is 9.13 Å². The highest BCUT2D eigenvalue weighted by Crippen LogP contribution is 2.26. The third-order valence-corrected chi connectivity index (χ3v) is 4.09. The van der Waals surface area contributed by atoms with Crippen molar-refractivity contribution in [2.24, 2.45) is 5.73 Å². The molecule has 0 aliphatic heterocycles. The first-order valence-corrected chi connectivity index (χ1v) is 6.50. The van der Waals surface area contributed by atoms with E-state index in [9.17, 15) is 0 Å². The molecule has 1 aromatic carbocycles. The second-order valence-electron chi connectivity index (χ2n) is 4.03. The molecule has 0 spiro atoms. The molecule has 90 valence electrons. The zero-order valence-corrected chi connectivity index (χ0v) is 11.9. The maximum atomic E-state index is 5.58. The van der Waals surface area contributed by atoms with Gasteiger partial charge in [-0.3, -0.25) is 0 Å². The van der Waals surface area contributed by atoms with Crippen molar-refractivity contribution in [1.29, 1.82) is 0 Å². The molecule has 4 nitrogen and oxygen atoms in total. The Morgan fingerprint density at radius 2 is 2.24 bits per heavy atom. The van der Waals surface area contributed by atoms with E-state index in [-0.39, 0.29) is 5.92 Å². The number of halogens is 1. The lowest BCUT2D eigenvalue weighted by Crippen LogP contribution is -2.10. The van der Waals surface area contributed by atoms with Crippen LogP contribution in [0.5, 0.6) is 0 Å². The molecule has 1 heterocycles. The molecule has 1 unspecified atom stereocenters. The summed E-state index contributed by atoms with van der Waals surface area (Å²) >= 11 is 2.29. The van der Waals surface area contributed by atoms with Gasteiger partial charge in [0.15, 0.2) is 5.82 Å². The zero-order valence-electron chi connectivity index (χ0n) is 9.77. The van der Waals surface area contributed by atoms with Gasteiger partial charge in [0, 0.05) is 16.0 Å². The van der Waals surface area contributed by atoms with Gasteiger partial charge in [-0.25, -0.2) is 0 Å². The normalized spacial score (nSPS) is 12.7. The number of nitrogens with zero attached hydrogens (tertiary/aromatic N) is 2. The fourth-order valence-corrected chi connectivity index (χ4v) is 2.05. The highest BCUT2D eigenvalue weighted by atomic mass is 127. The molecule has 0 amide bonds. The van der Waals surface area contributed by atoms with Crippen molar-refractivity contribution in [1.82, 2.24) is 10.1 Å². The monoisotopic (exact) mass is 343 g/mol. The van der Waals surface area contributed by atoms with E-state index < -0.39 is 0 Å². The van der Waals surface area contributed by atoms with Crippen molar-refractivity contribution in [3.05, 3.63) is 33.2 Å². The van der Waals surface area contributed by atoms with E-state index in [2.05, 4.69) is 45.7 Å². The number of nitrogens with two attached hydrogens (primary N) is 1. The van der Waals surface area contributed by atoms with Crippen LogP contribution in [0.4, 0.5) is 0 Å². The first-order chi connectivity index (χ1) is 8.13. The van der Waals surface area contributed by atoms with Crippen molar-refractivity contribution in [2.45, 2.75) is 19.8 Å². The van der Waals surface area contributed by atoms with Crippen LogP contribution in [0.25, 0.3) is 11.5 Å². The van der Waals surface area contributed by atoms with Crippen LogP contribution >= 0.6 is 22.6 Å². The summed E-state index contributed by atoms with van der Waals surface area (Å²) in [5, 5.41) is 3.96. The molecule has 0 aliphatic carbocycles. The Bertz CT molecular complexity index is 524. The predicted molar refractivity (Wildman–Crippen MR) is 74.7 cm³/mol. The second kappa shape index (κ2) is 5.14. The lowest BCUT2D eigenvalue weighted by Gasteiger charge is -2.02. The fraction of sp³-hybridized carbons (Fsp3) is 0.333. The number of aromatic nitrogens is 2. The van der Waals surface area contributed by atoms with E-state index in [1.54, 1.807) is 0 Å². The lowest BCUT2D eigenvalue weighted by atomic mass is 10.1. The van der Waals surface area contributed by atoms with Crippen LogP contribution in [0, 0.1) is 10.5 Å². The highest BCUT2D eigenvalue weighted by molar-refractivity contribution is 14.1. The van der Waals surface area contributed by atoms with Crippen molar-refractivity contribution >= 4 is 22.6 Å². The van der Waals surface area contributed by atoms with Crippen LogP contribution in [0.3, 0.4) is 0 Å². The summed E-state index contributed by atoms with van der Waals surface area (Å²) in [4.78, 5) is 4.39. The Labute approximate surface area is 114 Å². The minimum absolute atomic E-state index is 0.120. The quantitative estimate of drug-likeness (QED) is 0.871. The van der Waals surface area contributed by atoms with Crippen molar-refractivity contribution in [3.8, 4) is 11.5 Å². The van der Waals surface area contributed by atoms with Gasteiger partial charge in [0.1, 0.15) is 0 Å². The zero-order chi connectivity index (χ0) is 12.4. The molecule has 0 bridgehead atoms. The highest BCUT2D eigenvalue weighted by Gasteiger charge is 2.15. The number of rotatable bonds is 3. The smallest absolute Gasteiger partial charge is 0.259 e. The predicted octanol–water partition coefficient (Wildman–Crippen LogP) is 2.71.